The molecule has 0 bridgehead atoms. The molecular weight excluding hydrogens is 246 g/mol. The number of benzene rings is 1. The molecule has 0 fully saturated rings. The maximum atomic E-state index is 12.1. The van der Waals surface area contributed by atoms with Crippen molar-refractivity contribution in [3.05, 3.63) is 29.3 Å². The molecule has 0 radical (unpaired) electrons. The molecule has 0 unspecified atom stereocenters. The molecule has 0 aliphatic heterocycles. The van der Waals surface area contributed by atoms with Gasteiger partial charge in [-0.2, -0.15) is 0 Å². The Morgan fingerprint density at radius 1 is 1.37 bits per heavy atom. The summed E-state index contributed by atoms with van der Waals surface area (Å²) < 4.78 is 4.79. The van der Waals surface area contributed by atoms with Crippen LogP contribution >= 0.6 is 0 Å². The third kappa shape index (κ3) is 4.28. The van der Waals surface area contributed by atoms with Crippen molar-refractivity contribution >= 4 is 11.9 Å². The molecule has 0 saturated heterocycles. The van der Waals surface area contributed by atoms with Crippen LogP contribution in [0, 0.1) is 6.92 Å². The Hall–Kier alpha value is -2.04. The van der Waals surface area contributed by atoms with E-state index in [2.05, 4.69) is 0 Å². The molecule has 0 aliphatic carbocycles. The van der Waals surface area contributed by atoms with Crippen LogP contribution in [0.15, 0.2) is 18.2 Å². The van der Waals surface area contributed by atoms with E-state index in [0.717, 1.165) is 5.56 Å². The molecule has 0 spiro atoms. The van der Waals surface area contributed by atoms with Crippen molar-refractivity contribution in [3.63, 3.8) is 0 Å². The Labute approximate surface area is 112 Å². The number of phenolic OH excluding ortho intramolecular Hbond substituents is 1. The Morgan fingerprint density at radius 2 is 2.05 bits per heavy atom. The van der Waals surface area contributed by atoms with Gasteiger partial charge in [-0.3, -0.25) is 9.59 Å². The third-order valence-electron chi connectivity index (χ3n) is 2.69. The molecule has 0 aromatic heterocycles. The summed E-state index contributed by atoms with van der Waals surface area (Å²) in [5.41, 5.74) is 1.11. The number of esters is 1. The number of rotatable bonds is 5. The summed E-state index contributed by atoms with van der Waals surface area (Å²) in [6.45, 7) is 4.15. The first-order valence-corrected chi connectivity index (χ1v) is 6.16. The summed E-state index contributed by atoms with van der Waals surface area (Å²) in [5.74, 6) is -0.704. The fourth-order valence-corrected chi connectivity index (χ4v) is 1.62. The zero-order chi connectivity index (χ0) is 14.4. The predicted octanol–water partition coefficient (Wildman–Crippen LogP) is 1.73. The molecule has 1 amide bonds. The molecule has 5 heteroatoms. The fourth-order valence-electron chi connectivity index (χ4n) is 1.62. The normalized spacial score (nSPS) is 10.1. The SMILES string of the molecule is CCOC(=O)CCN(C)C(=O)c1ccc(C)cc1O. The second kappa shape index (κ2) is 6.78. The van der Waals surface area contributed by atoms with Crippen LogP contribution in [-0.2, 0) is 9.53 Å². The predicted molar refractivity (Wildman–Crippen MR) is 71.1 cm³/mol. The lowest BCUT2D eigenvalue weighted by Crippen LogP contribution is -2.29. The van der Waals surface area contributed by atoms with Gasteiger partial charge in [0.1, 0.15) is 5.75 Å². The van der Waals surface area contributed by atoms with Gasteiger partial charge in [-0.15, -0.1) is 0 Å². The van der Waals surface area contributed by atoms with Gasteiger partial charge in [-0.1, -0.05) is 6.07 Å². The number of amides is 1. The van der Waals surface area contributed by atoms with E-state index in [1.807, 2.05) is 6.92 Å². The van der Waals surface area contributed by atoms with Gasteiger partial charge in [0.15, 0.2) is 0 Å². The first kappa shape index (κ1) is 15.0. The van der Waals surface area contributed by atoms with Crippen molar-refractivity contribution in [2.75, 3.05) is 20.2 Å². The average molecular weight is 265 g/mol. The Kier molecular flexibility index (Phi) is 5.36. The lowest BCUT2D eigenvalue weighted by atomic mass is 10.1. The highest BCUT2D eigenvalue weighted by Crippen LogP contribution is 2.19. The van der Waals surface area contributed by atoms with Crippen LogP contribution in [0.1, 0.15) is 29.3 Å². The lowest BCUT2D eigenvalue weighted by molar-refractivity contribution is -0.143. The monoisotopic (exact) mass is 265 g/mol. The highest BCUT2D eigenvalue weighted by atomic mass is 16.5. The van der Waals surface area contributed by atoms with Gasteiger partial charge in [0.05, 0.1) is 18.6 Å². The van der Waals surface area contributed by atoms with E-state index in [4.69, 9.17) is 4.74 Å². The van der Waals surface area contributed by atoms with Crippen molar-refractivity contribution in [2.24, 2.45) is 0 Å². The second-order valence-electron chi connectivity index (χ2n) is 4.30. The van der Waals surface area contributed by atoms with Crippen molar-refractivity contribution < 1.29 is 19.4 Å². The maximum absolute atomic E-state index is 12.1. The van der Waals surface area contributed by atoms with Gasteiger partial charge >= 0.3 is 5.97 Å². The van der Waals surface area contributed by atoms with Gasteiger partial charge in [-0.05, 0) is 31.5 Å². The Balaban J connectivity index is 2.64. The summed E-state index contributed by atoms with van der Waals surface area (Å²) in [6.07, 6.45) is 0.142. The van der Waals surface area contributed by atoms with Gasteiger partial charge in [0, 0.05) is 13.6 Å². The topological polar surface area (TPSA) is 66.8 Å². The van der Waals surface area contributed by atoms with Crippen molar-refractivity contribution in [2.45, 2.75) is 20.3 Å². The van der Waals surface area contributed by atoms with Crippen LogP contribution < -0.4 is 0 Å². The Bertz CT molecular complexity index is 471. The minimum Gasteiger partial charge on any atom is -0.507 e. The van der Waals surface area contributed by atoms with Gasteiger partial charge < -0.3 is 14.7 Å². The van der Waals surface area contributed by atoms with Crippen molar-refractivity contribution in [1.82, 2.24) is 4.90 Å². The quantitative estimate of drug-likeness (QED) is 0.823. The van der Waals surface area contributed by atoms with Crippen LogP contribution in [0.3, 0.4) is 0 Å². The molecule has 5 nitrogen and oxygen atoms in total. The molecule has 0 saturated carbocycles. The number of hydrogen-bond acceptors (Lipinski definition) is 4. The smallest absolute Gasteiger partial charge is 0.307 e. The Morgan fingerprint density at radius 3 is 2.63 bits per heavy atom. The molecule has 19 heavy (non-hydrogen) atoms. The fraction of sp³-hybridized carbons (Fsp3) is 0.429. The second-order valence-corrected chi connectivity index (χ2v) is 4.30. The number of phenols is 1. The summed E-state index contributed by atoms with van der Waals surface area (Å²) in [7, 11) is 1.58. The first-order valence-electron chi connectivity index (χ1n) is 6.16. The molecule has 1 rings (SSSR count). The van der Waals surface area contributed by atoms with E-state index >= 15 is 0 Å². The molecule has 1 N–H and O–H groups in total. The number of aromatic hydroxyl groups is 1. The third-order valence-corrected chi connectivity index (χ3v) is 2.69. The van der Waals surface area contributed by atoms with Crippen LogP contribution in [0.5, 0.6) is 5.75 Å². The molecule has 104 valence electrons. The van der Waals surface area contributed by atoms with Crippen molar-refractivity contribution in [1.29, 1.82) is 0 Å². The number of nitrogens with zero attached hydrogens (tertiary/aromatic N) is 1. The average Bonchev–Trinajstić information content (AvgIpc) is 2.35. The van der Waals surface area contributed by atoms with Gasteiger partial charge in [0.2, 0.25) is 0 Å². The minimum atomic E-state index is -0.338. The minimum absolute atomic E-state index is 0.0482. The van der Waals surface area contributed by atoms with Crippen LogP contribution in [0.25, 0.3) is 0 Å². The van der Waals surface area contributed by atoms with E-state index in [1.165, 1.54) is 11.0 Å². The van der Waals surface area contributed by atoms with Crippen molar-refractivity contribution in [3.8, 4) is 5.75 Å². The van der Waals surface area contributed by atoms with Crippen LogP contribution in [-0.4, -0.2) is 42.1 Å². The maximum Gasteiger partial charge on any atom is 0.307 e. The molecule has 1 aromatic carbocycles. The molecular formula is C14H19NO4. The summed E-state index contributed by atoms with van der Waals surface area (Å²) in [4.78, 5) is 24.7. The molecule has 0 aliphatic rings. The number of ether oxygens (including phenoxy) is 1. The van der Waals surface area contributed by atoms with Crippen LogP contribution in [0.2, 0.25) is 0 Å². The van der Waals surface area contributed by atoms with E-state index in [0.29, 0.717) is 6.61 Å². The van der Waals surface area contributed by atoms with E-state index < -0.39 is 0 Å². The zero-order valence-electron chi connectivity index (χ0n) is 11.5. The summed E-state index contributed by atoms with van der Waals surface area (Å²) in [6, 6.07) is 4.87. The summed E-state index contributed by atoms with van der Waals surface area (Å²) in [5, 5.41) is 9.73. The lowest BCUT2D eigenvalue weighted by Gasteiger charge is -2.17. The molecule has 1 aromatic rings. The number of aryl methyl sites for hydroxylation is 1. The van der Waals surface area contributed by atoms with Gasteiger partial charge in [-0.25, -0.2) is 0 Å². The first-order chi connectivity index (χ1) is 8.95. The van der Waals surface area contributed by atoms with Crippen LogP contribution in [0.4, 0.5) is 0 Å². The number of carbonyl (C=O) groups is 2. The summed E-state index contributed by atoms with van der Waals surface area (Å²) >= 11 is 0. The van der Waals surface area contributed by atoms with E-state index in [1.54, 1.807) is 26.1 Å². The highest BCUT2D eigenvalue weighted by Gasteiger charge is 2.16. The number of carbonyl (C=O) groups excluding carboxylic acids is 2. The van der Waals surface area contributed by atoms with E-state index in [-0.39, 0.29) is 36.2 Å². The molecule has 0 heterocycles. The highest BCUT2D eigenvalue weighted by molar-refractivity contribution is 5.96. The van der Waals surface area contributed by atoms with Gasteiger partial charge in [0.25, 0.3) is 5.91 Å². The largest absolute Gasteiger partial charge is 0.507 e. The van der Waals surface area contributed by atoms with E-state index in [9.17, 15) is 14.7 Å². The molecule has 0 atom stereocenters. The number of hydrogen-bond donors (Lipinski definition) is 1. The zero-order valence-corrected chi connectivity index (χ0v) is 11.5. The standard InChI is InChI=1S/C14H19NO4/c1-4-19-13(17)7-8-15(3)14(18)11-6-5-10(2)9-12(11)16/h5-6,9,16H,4,7-8H2,1-3H3.